The first-order chi connectivity index (χ1) is 12.6. The summed E-state index contributed by atoms with van der Waals surface area (Å²) in [5, 5.41) is 3.08. The summed E-state index contributed by atoms with van der Waals surface area (Å²) >= 11 is 0. The van der Waals surface area contributed by atoms with Gasteiger partial charge in [-0.15, -0.1) is 0 Å². The first kappa shape index (κ1) is 18.2. The number of piperidine rings is 1. The average molecular weight is 355 g/mol. The molecule has 3 N–H and O–H groups in total. The molecule has 3 rings (SSSR count). The second kappa shape index (κ2) is 8.67. The van der Waals surface area contributed by atoms with Gasteiger partial charge in [0.2, 0.25) is 11.8 Å². The number of furan rings is 1. The quantitative estimate of drug-likeness (QED) is 0.794. The van der Waals surface area contributed by atoms with E-state index in [-0.39, 0.29) is 17.9 Å². The van der Waals surface area contributed by atoms with Crippen LogP contribution in [0, 0.1) is 0 Å². The predicted octanol–water partition coefficient (Wildman–Crippen LogP) is 1.95. The van der Waals surface area contributed by atoms with E-state index in [0.717, 1.165) is 43.0 Å². The average Bonchev–Trinajstić information content (AvgIpc) is 3.11. The van der Waals surface area contributed by atoms with Crippen molar-refractivity contribution in [3.8, 4) is 11.3 Å². The zero-order valence-corrected chi connectivity index (χ0v) is 14.8. The molecule has 2 amide bonds. The Morgan fingerprint density at radius 1 is 1.12 bits per heavy atom. The van der Waals surface area contributed by atoms with Crippen molar-refractivity contribution >= 4 is 11.8 Å². The highest BCUT2D eigenvalue weighted by molar-refractivity contribution is 5.76. The van der Waals surface area contributed by atoms with Crippen molar-refractivity contribution in [3.63, 3.8) is 0 Å². The number of amides is 2. The molecule has 1 aliphatic heterocycles. The molecule has 26 heavy (non-hydrogen) atoms. The normalized spacial score (nSPS) is 15.7. The van der Waals surface area contributed by atoms with E-state index in [1.807, 2.05) is 47.4 Å². The van der Waals surface area contributed by atoms with Crippen LogP contribution in [-0.4, -0.2) is 42.4 Å². The second-order valence-electron chi connectivity index (χ2n) is 6.72. The number of carbonyl (C=O) groups excluding carboxylic acids is 2. The van der Waals surface area contributed by atoms with Crippen molar-refractivity contribution in [2.75, 3.05) is 19.6 Å². The Bertz CT molecular complexity index is 734. The third-order valence-electron chi connectivity index (χ3n) is 4.65. The fourth-order valence-electron chi connectivity index (χ4n) is 3.26. The summed E-state index contributed by atoms with van der Waals surface area (Å²) in [5.41, 5.74) is 6.25. The SMILES string of the molecule is NC(=O)CN1CCC(NC(=O)CCc2ccc(-c3ccccc3)o2)CC1. The number of hydrogen-bond acceptors (Lipinski definition) is 4. The van der Waals surface area contributed by atoms with E-state index in [2.05, 4.69) is 5.32 Å². The zero-order chi connectivity index (χ0) is 18.4. The summed E-state index contributed by atoms with van der Waals surface area (Å²) in [6.45, 7) is 1.86. The molecule has 1 fully saturated rings. The molecule has 0 aliphatic carbocycles. The molecule has 0 saturated carbocycles. The van der Waals surface area contributed by atoms with E-state index in [4.69, 9.17) is 10.2 Å². The van der Waals surface area contributed by atoms with Gasteiger partial charge in [-0.05, 0) is 25.0 Å². The van der Waals surface area contributed by atoms with E-state index >= 15 is 0 Å². The zero-order valence-electron chi connectivity index (χ0n) is 14.8. The summed E-state index contributed by atoms with van der Waals surface area (Å²) < 4.78 is 5.83. The number of likely N-dealkylation sites (tertiary alicyclic amines) is 1. The van der Waals surface area contributed by atoms with Gasteiger partial charge in [0.05, 0.1) is 6.54 Å². The lowest BCUT2D eigenvalue weighted by Crippen LogP contribution is -2.46. The fraction of sp³-hybridized carbons (Fsp3) is 0.400. The lowest BCUT2D eigenvalue weighted by Gasteiger charge is -2.31. The Morgan fingerprint density at radius 2 is 1.85 bits per heavy atom. The monoisotopic (exact) mass is 355 g/mol. The number of hydrogen-bond donors (Lipinski definition) is 2. The number of nitrogens with zero attached hydrogens (tertiary/aromatic N) is 1. The van der Waals surface area contributed by atoms with Crippen LogP contribution >= 0.6 is 0 Å². The van der Waals surface area contributed by atoms with Crippen LogP contribution in [-0.2, 0) is 16.0 Å². The summed E-state index contributed by atoms with van der Waals surface area (Å²) in [6, 6.07) is 14.0. The van der Waals surface area contributed by atoms with Crippen molar-refractivity contribution in [1.29, 1.82) is 0 Å². The molecule has 2 aromatic rings. The van der Waals surface area contributed by atoms with Crippen LogP contribution in [0.1, 0.15) is 25.0 Å². The maximum Gasteiger partial charge on any atom is 0.231 e. The highest BCUT2D eigenvalue weighted by Crippen LogP contribution is 2.22. The smallest absolute Gasteiger partial charge is 0.231 e. The van der Waals surface area contributed by atoms with Crippen molar-refractivity contribution < 1.29 is 14.0 Å². The van der Waals surface area contributed by atoms with E-state index < -0.39 is 0 Å². The molecule has 138 valence electrons. The van der Waals surface area contributed by atoms with E-state index in [1.54, 1.807) is 0 Å². The van der Waals surface area contributed by atoms with Gasteiger partial charge in [-0.3, -0.25) is 14.5 Å². The molecule has 6 heteroatoms. The van der Waals surface area contributed by atoms with Crippen molar-refractivity contribution in [1.82, 2.24) is 10.2 Å². The van der Waals surface area contributed by atoms with Crippen LogP contribution < -0.4 is 11.1 Å². The second-order valence-corrected chi connectivity index (χ2v) is 6.72. The predicted molar refractivity (Wildman–Crippen MR) is 99.3 cm³/mol. The van der Waals surface area contributed by atoms with Crippen molar-refractivity contribution in [3.05, 3.63) is 48.2 Å². The van der Waals surface area contributed by atoms with E-state index in [0.29, 0.717) is 19.4 Å². The van der Waals surface area contributed by atoms with E-state index in [1.165, 1.54) is 0 Å². The molecule has 0 radical (unpaired) electrons. The molecule has 0 spiro atoms. The summed E-state index contributed by atoms with van der Waals surface area (Å²) in [5.74, 6) is 1.37. The Morgan fingerprint density at radius 3 is 2.54 bits per heavy atom. The van der Waals surface area contributed by atoms with Crippen LogP contribution in [0.15, 0.2) is 46.9 Å². The van der Waals surface area contributed by atoms with Crippen LogP contribution in [0.25, 0.3) is 11.3 Å². The van der Waals surface area contributed by atoms with Gasteiger partial charge >= 0.3 is 0 Å². The molecule has 1 saturated heterocycles. The summed E-state index contributed by atoms with van der Waals surface area (Å²) in [6.07, 6.45) is 2.68. The van der Waals surface area contributed by atoms with Gasteiger partial charge in [0, 0.05) is 37.5 Å². The number of carbonyl (C=O) groups is 2. The van der Waals surface area contributed by atoms with Gasteiger partial charge in [0.15, 0.2) is 0 Å². The minimum Gasteiger partial charge on any atom is -0.461 e. The number of primary amides is 1. The number of rotatable bonds is 7. The third kappa shape index (κ3) is 5.20. The number of nitrogens with two attached hydrogens (primary N) is 1. The van der Waals surface area contributed by atoms with Gasteiger partial charge in [0.1, 0.15) is 11.5 Å². The highest BCUT2D eigenvalue weighted by atomic mass is 16.3. The molecule has 0 bridgehead atoms. The number of nitrogens with one attached hydrogen (secondary N) is 1. The molecular formula is C20H25N3O3. The number of aryl methyl sites for hydroxylation is 1. The minimum absolute atomic E-state index is 0.0380. The Balaban J connectivity index is 1.41. The third-order valence-corrected chi connectivity index (χ3v) is 4.65. The maximum absolute atomic E-state index is 12.2. The Labute approximate surface area is 153 Å². The van der Waals surface area contributed by atoms with Gasteiger partial charge in [-0.1, -0.05) is 30.3 Å². The summed E-state index contributed by atoms with van der Waals surface area (Å²) in [7, 11) is 0. The molecule has 0 unspecified atom stereocenters. The van der Waals surface area contributed by atoms with Gasteiger partial charge < -0.3 is 15.5 Å². The largest absolute Gasteiger partial charge is 0.461 e. The van der Waals surface area contributed by atoms with Crippen molar-refractivity contribution in [2.24, 2.45) is 5.73 Å². The first-order valence-electron chi connectivity index (χ1n) is 9.04. The minimum atomic E-state index is -0.305. The molecule has 1 aliphatic rings. The molecule has 1 aromatic carbocycles. The lowest BCUT2D eigenvalue weighted by atomic mass is 10.0. The Hall–Kier alpha value is -2.60. The highest BCUT2D eigenvalue weighted by Gasteiger charge is 2.21. The van der Waals surface area contributed by atoms with Gasteiger partial charge in [-0.25, -0.2) is 0 Å². The molecule has 0 atom stereocenters. The molecule has 2 heterocycles. The van der Waals surface area contributed by atoms with Crippen LogP contribution in [0.4, 0.5) is 0 Å². The van der Waals surface area contributed by atoms with E-state index in [9.17, 15) is 9.59 Å². The van der Waals surface area contributed by atoms with Crippen LogP contribution in [0.3, 0.4) is 0 Å². The van der Waals surface area contributed by atoms with Gasteiger partial charge in [0.25, 0.3) is 0 Å². The Kier molecular flexibility index (Phi) is 6.07. The fourth-order valence-corrected chi connectivity index (χ4v) is 3.26. The lowest BCUT2D eigenvalue weighted by molar-refractivity contribution is -0.123. The van der Waals surface area contributed by atoms with Crippen molar-refractivity contribution in [2.45, 2.75) is 31.7 Å². The van der Waals surface area contributed by atoms with Gasteiger partial charge in [-0.2, -0.15) is 0 Å². The maximum atomic E-state index is 12.2. The summed E-state index contributed by atoms with van der Waals surface area (Å²) in [4.78, 5) is 25.1. The van der Waals surface area contributed by atoms with Crippen LogP contribution in [0.2, 0.25) is 0 Å². The van der Waals surface area contributed by atoms with Crippen LogP contribution in [0.5, 0.6) is 0 Å². The standard InChI is InChI=1S/C20H25N3O3/c21-19(24)14-23-12-10-16(11-13-23)22-20(25)9-7-17-6-8-18(26-17)15-4-2-1-3-5-15/h1-6,8,16H,7,9-14H2,(H2,21,24)(H,22,25). The molecule has 6 nitrogen and oxygen atoms in total. The molecule has 1 aromatic heterocycles. The number of benzene rings is 1. The first-order valence-corrected chi connectivity index (χ1v) is 9.04. The topological polar surface area (TPSA) is 88.6 Å². The molecular weight excluding hydrogens is 330 g/mol.